The van der Waals surface area contributed by atoms with Gasteiger partial charge in [0.05, 0.1) is 18.2 Å². The van der Waals surface area contributed by atoms with Crippen LogP contribution in [0.2, 0.25) is 0 Å². The summed E-state index contributed by atoms with van der Waals surface area (Å²) in [7, 11) is 0. The number of aromatic nitrogens is 1. The predicted octanol–water partition coefficient (Wildman–Crippen LogP) is 3.70. The number of ketones is 1. The average Bonchev–Trinajstić information content (AvgIpc) is 2.89. The molecule has 0 fully saturated rings. The Kier molecular flexibility index (Phi) is 3.29. The monoisotopic (exact) mass is 274 g/mol. The first-order valence-electron chi connectivity index (χ1n) is 6.76. The van der Waals surface area contributed by atoms with E-state index in [9.17, 15) is 4.79 Å². The lowest BCUT2D eigenvalue weighted by molar-refractivity contribution is 0.0973. The van der Waals surface area contributed by atoms with Crippen molar-refractivity contribution in [2.45, 2.75) is 13.5 Å². The number of nitriles is 1. The first-order valence-corrected chi connectivity index (χ1v) is 6.76. The topological polar surface area (TPSA) is 45.8 Å². The van der Waals surface area contributed by atoms with Crippen molar-refractivity contribution in [2.24, 2.45) is 0 Å². The highest BCUT2D eigenvalue weighted by Crippen LogP contribution is 2.18. The maximum absolute atomic E-state index is 12.4. The summed E-state index contributed by atoms with van der Waals surface area (Å²) in [4.78, 5) is 12.4. The molecule has 3 rings (SSSR count). The molecule has 0 amide bonds. The normalized spacial score (nSPS) is 10.5. The third-order valence-electron chi connectivity index (χ3n) is 3.55. The highest BCUT2D eigenvalue weighted by Gasteiger charge is 2.09. The van der Waals surface area contributed by atoms with Crippen molar-refractivity contribution in [3.63, 3.8) is 0 Å². The lowest BCUT2D eigenvalue weighted by Crippen LogP contribution is -2.09. The number of rotatable bonds is 3. The van der Waals surface area contributed by atoms with E-state index < -0.39 is 0 Å². The number of carbonyl (C=O) groups excluding carboxylic acids is 1. The van der Waals surface area contributed by atoms with Gasteiger partial charge >= 0.3 is 0 Å². The van der Waals surface area contributed by atoms with Crippen LogP contribution in [-0.2, 0) is 6.54 Å². The van der Waals surface area contributed by atoms with Crippen LogP contribution in [-0.4, -0.2) is 10.4 Å². The number of hydrogen-bond donors (Lipinski definition) is 0. The quantitative estimate of drug-likeness (QED) is 0.683. The second-order valence-electron chi connectivity index (χ2n) is 5.12. The molecule has 0 spiro atoms. The molecule has 1 aromatic heterocycles. The molecule has 0 aliphatic carbocycles. The van der Waals surface area contributed by atoms with E-state index in [1.54, 1.807) is 6.07 Å². The molecule has 3 heteroatoms. The number of carbonyl (C=O) groups is 1. The SMILES string of the molecule is Cc1cccc(C(=O)Cn2ccc3cc(C#N)ccc32)c1. The number of Topliss-reactive ketones (excluding diaryl/α,β-unsaturated/α-hetero) is 1. The molecule has 0 atom stereocenters. The van der Waals surface area contributed by atoms with Gasteiger partial charge in [-0.05, 0) is 37.3 Å². The Labute approximate surface area is 123 Å². The maximum atomic E-state index is 12.4. The molecular formula is C18H14N2O. The van der Waals surface area contributed by atoms with Crippen LogP contribution in [0.5, 0.6) is 0 Å². The van der Waals surface area contributed by atoms with Gasteiger partial charge in [-0.1, -0.05) is 23.8 Å². The van der Waals surface area contributed by atoms with Crippen LogP contribution in [0.1, 0.15) is 21.5 Å². The molecule has 0 N–H and O–H groups in total. The highest BCUT2D eigenvalue weighted by molar-refractivity contribution is 5.97. The zero-order chi connectivity index (χ0) is 14.8. The predicted molar refractivity (Wildman–Crippen MR) is 82.2 cm³/mol. The molecule has 3 aromatic rings. The van der Waals surface area contributed by atoms with Gasteiger partial charge in [-0.2, -0.15) is 5.26 Å². The molecule has 0 saturated carbocycles. The Balaban J connectivity index is 1.92. The average molecular weight is 274 g/mol. The lowest BCUT2D eigenvalue weighted by atomic mass is 10.1. The van der Waals surface area contributed by atoms with E-state index in [-0.39, 0.29) is 5.78 Å². The van der Waals surface area contributed by atoms with E-state index in [1.807, 2.05) is 60.2 Å². The van der Waals surface area contributed by atoms with Crippen molar-refractivity contribution in [2.75, 3.05) is 0 Å². The van der Waals surface area contributed by atoms with Gasteiger partial charge < -0.3 is 4.57 Å². The van der Waals surface area contributed by atoms with Crippen LogP contribution in [0.3, 0.4) is 0 Å². The van der Waals surface area contributed by atoms with Crippen molar-refractivity contribution in [3.05, 3.63) is 71.4 Å². The molecule has 0 bridgehead atoms. The van der Waals surface area contributed by atoms with Gasteiger partial charge in [0, 0.05) is 22.7 Å². The minimum absolute atomic E-state index is 0.0839. The second kappa shape index (κ2) is 5.26. The molecule has 3 nitrogen and oxygen atoms in total. The number of benzene rings is 2. The van der Waals surface area contributed by atoms with Gasteiger partial charge in [0.1, 0.15) is 0 Å². The summed E-state index contributed by atoms with van der Waals surface area (Å²) in [5.74, 6) is 0.0839. The van der Waals surface area contributed by atoms with Gasteiger partial charge in [0.25, 0.3) is 0 Å². The molecule has 0 radical (unpaired) electrons. The molecule has 1 heterocycles. The Morgan fingerprint density at radius 2 is 2.05 bits per heavy atom. The molecular weight excluding hydrogens is 260 g/mol. The molecule has 0 aliphatic rings. The van der Waals surface area contributed by atoms with Crippen LogP contribution < -0.4 is 0 Å². The van der Waals surface area contributed by atoms with Crippen LogP contribution in [0.15, 0.2) is 54.7 Å². The van der Waals surface area contributed by atoms with Crippen molar-refractivity contribution in [1.82, 2.24) is 4.57 Å². The summed E-state index contributed by atoms with van der Waals surface area (Å²) < 4.78 is 1.92. The van der Waals surface area contributed by atoms with Crippen molar-refractivity contribution >= 4 is 16.7 Å². The Bertz CT molecular complexity index is 868. The van der Waals surface area contributed by atoms with Crippen LogP contribution in [0, 0.1) is 18.3 Å². The standard InChI is InChI=1S/C18H14N2O/c1-13-3-2-4-16(9-13)18(21)12-20-8-7-15-10-14(11-19)5-6-17(15)20/h2-10H,12H2,1H3. The van der Waals surface area contributed by atoms with E-state index in [0.717, 1.165) is 22.0 Å². The molecule has 0 aliphatic heterocycles. The van der Waals surface area contributed by atoms with Crippen LogP contribution in [0.4, 0.5) is 0 Å². The van der Waals surface area contributed by atoms with Gasteiger partial charge in [-0.15, -0.1) is 0 Å². The first-order chi connectivity index (χ1) is 10.2. The summed E-state index contributed by atoms with van der Waals surface area (Å²) in [6.45, 7) is 2.28. The molecule has 2 aromatic carbocycles. The third kappa shape index (κ3) is 2.56. The molecule has 0 saturated heterocycles. The Morgan fingerprint density at radius 1 is 1.19 bits per heavy atom. The van der Waals surface area contributed by atoms with Crippen molar-refractivity contribution in [1.29, 1.82) is 5.26 Å². The van der Waals surface area contributed by atoms with Crippen molar-refractivity contribution in [3.8, 4) is 6.07 Å². The summed E-state index contributed by atoms with van der Waals surface area (Å²) in [6.07, 6.45) is 1.89. The first kappa shape index (κ1) is 13.1. The van der Waals surface area contributed by atoms with E-state index >= 15 is 0 Å². The fraction of sp³-hybridized carbons (Fsp3) is 0.111. The number of hydrogen-bond acceptors (Lipinski definition) is 2. The fourth-order valence-corrected chi connectivity index (χ4v) is 2.47. The lowest BCUT2D eigenvalue weighted by Gasteiger charge is -2.06. The minimum Gasteiger partial charge on any atom is -0.340 e. The largest absolute Gasteiger partial charge is 0.340 e. The van der Waals surface area contributed by atoms with Gasteiger partial charge in [0.2, 0.25) is 0 Å². The number of fused-ring (bicyclic) bond motifs is 1. The number of nitrogens with zero attached hydrogens (tertiary/aromatic N) is 2. The van der Waals surface area contributed by atoms with E-state index in [1.165, 1.54) is 0 Å². The summed E-state index contributed by atoms with van der Waals surface area (Å²) >= 11 is 0. The van der Waals surface area contributed by atoms with Gasteiger partial charge in [0.15, 0.2) is 5.78 Å². The minimum atomic E-state index is 0.0839. The summed E-state index contributed by atoms with van der Waals surface area (Å²) in [6, 6.07) is 17.2. The third-order valence-corrected chi connectivity index (χ3v) is 3.55. The summed E-state index contributed by atoms with van der Waals surface area (Å²) in [5, 5.41) is 9.89. The van der Waals surface area contributed by atoms with Crippen LogP contribution >= 0.6 is 0 Å². The van der Waals surface area contributed by atoms with Crippen LogP contribution in [0.25, 0.3) is 10.9 Å². The Morgan fingerprint density at radius 3 is 2.81 bits per heavy atom. The zero-order valence-electron chi connectivity index (χ0n) is 11.7. The zero-order valence-corrected chi connectivity index (χ0v) is 11.7. The van der Waals surface area contributed by atoms with E-state index in [4.69, 9.17) is 5.26 Å². The summed E-state index contributed by atoms with van der Waals surface area (Å²) in [5.41, 5.74) is 3.41. The van der Waals surface area contributed by atoms with Gasteiger partial charge in [-0.25, -0.2) is 0 Å². The van der Waals surface area contributed by atoms with Gasteiger partial charge in [-0.3, -0.25) is 4.79 Å². The van der Waals surface area contributed by atoms with E-state index in [0.29, 0.717) is 12.1 Å². The van der Waals surface area contributed by atoms with E-state index in [2.05, 4.69) is 6.07 Å². The maximum Gasteiger partial charge on any atom is 0.182 e. The highest BCUT2D eigenvalue weighted by atomic mass is 16.1. The Hall–Kier alpha value is -2.86. The smallest absolute Gasteiger partial charge is 0.182 e. The fourth-order valence-electron chi connectivity index (χ4n) is 2.47. The molecule has 21 heavy (non-hydrogen) atoms. The van der Waals surface area contributed by atoms with Crippen molar-refractivity contribution < 1.29 is 4.79 Å². The second-order valence-corrected chi connectivity index (χ2v) is 5.12. The number of aryl methyl sites for hydroxylation is 1. The molecule has 0 unspecified atom stereocenters. The molecule has 102 valence electrons.